The summed E-state index contributed by atoms with van der Waals surface area (Å²) in [5, 5.41) is 0. The predicted molar refractivity (Wildman–Crippen MR) is 72.1 cm³/mol. The Morgan fingerprint density at radius 2 is 1.88 bits per heavy atom. The fourth-order valence-corrected chi connectivity index (χ4v) is 2.02. The number of hydrogen-bond donors (Lipinski definition) is 1. The maximum atomic E-state index is 5.48. The molecule has 0 saturated carbocycles. The molecule has 0 bridgehead atoms. The molecule has 2 N–H and O–H groups in total. The highest BCUT2D eigenvalue weighted by Gasteiger charge is 2.03. The maximum absolute atomic E-state index is 5.48. The fourth-order valence-electron chi connectivity index (χ4n) is 2.02. The molecule has 1 aromatic carbocycles. The number of nitrogens with two attached hydrogens (primary N) is 1. The summed E-state index contributed by atoms with van der Waals surface area (Å²) < 4.78 is 0. The first-order chi connectivity index (χ1) is 7.65. The number of benzene rings is 1. The summed E-state index contributed by atoms with van der Waals surface area (Å²) in [4.78, 5) is 2.34. The van der Waals surface area contributed by atoms with Gasteiger partial charge in [-0.25, -0.2) is 0 Å². The second-order valence-corrected chi connectivity index (χ2v) is 4.56. The van der Waals surface area contributed by atoms with Gasteiger partial charge in [0.2, 0.25) is 0 Å². The van der Waals surface area contributed by atoms with Crippen LogP contribution >= 0.6 is 0 Å². The lowest BCUT2D eigenvalue weighted by Crippen LogP contribution is -2.19. The van der Waals surface area contributed by atoms with Gasteiger partial charge in [0, 0.05) is 19.3 Å². The van der Waals surface area contributed by atoms with E-state index in [0.717, 1.165) is 19.5 Å². The molecule has 1 rings (SSSR count). The van der Waals surface area contributed by atoms with Gasteiger partial charge >= 0.3 is 0 Å². The zero-order valence-corrected chi connectivity index (χ0v) is 10.8. The van der Waals surface area contributed by atoms with Gasteiger partial charge in [0.25, 0.3) is 0 Å². The molecular weight excluding hydrogens is 196 g/mol. The van der Waals surface area contributed by atoms with Crippen molar-refractivity contribution in [3.8, 4) is 0 Å². The van der Waals surface area contributed by atoms with Crippen LogP contribution in [0.4, 0.5) is 5.69 Å². The molecule has 1 aromatic rings. The van der Waals surface area contributed by atoms with Crippen LogP contribution in [0.2, 0.25) is 0 Å². The summed E-state index contributed by atoms with van der Waals surface area (Å²) >= 11 is 0. The van der Waals surface area contributed by atoms with E-state index in [0.29, 0.717) is 0 Å². The van der Waals surface area contributed by atoms with Crippen LogP contribution < -0.4 is 10.6 Å². The smallest absolute Gasteiger partial charge is 0.0393 e. The highest BCUT2D eigenvalue weighted by Crippen LogP contribution is 2.20. The Morgan fingerprint density at radius 1 is 1.12 bits per heavy atom. The molecule has 2 nitrogen and oxygen atoms in total. The van der Waals surface area contributed by atoms with Crippen molar-refractivity contribution in [2.75, 3.05) is 25.0 Å². The Kier molecular flexibility index (Phi) is 5.33. The average Bonchev–Trinajstić information content (AvgIpc) is 2.24. The summed E-state index contributed by atoms with van der Waals surface area (Å²) in [6, 6.07) is 6.64. The van der Waals surface area contributed by atoms with Gasteiger partial charge in [-0.1, -0.05) is 24.1 Å². The minimum absolute atomic E-state index is 0.813. The Morgan fingerprint density at radius 3 is 2.50 bits per heavy atom. The quantitative estimate of drug-likeness (QED) is 0.747. The molecule has 0 aliphatic carbocycles. The van der Waals surface area contributed by atoms with E-state index in [4.69, 9.17) is 5.73 Å². The summed E-state index contributed by atoms with van der Waals surface area (Å²) in [6.07, 6.45) is 3.59. The van der Waals surface area contributed by atoms with Crippen LogP contribution in [-0.2, 0) is 0 Å². The fraction of sp³-hybridized carbons (Fsp3) is 0.571. The van der Waals surface area contributed by atoms with Gasteiger partial charge in [-0.2, -0.15) is 0 Å². The van der Waals surface area contributed by atoms with E-state index in [1.807, 2.05) is 0 Å². The SMILES string of the molecule is Cc1ccc(N(C)CCCCCN)c(C)c1. The van der Waals surface area contributed by atoms with Gasteiger partial charge in [0.05, 0.1) is 0 Å². The summed E-state index contributed by atoms with van der Waals surface area (Å²) in [5.74, 6) is 0. The Labute approximate surface area is 99.5 Å². The van der Waals surface area contributed by atoms with Crippen molar-refractivity contribution in [3.63, 3.8) is 0 Å². The van der Waals surface area contributed by atoms with Crippen molar-refractivity contribution in [2.24, 2.45) is 5.73 Å². The van der Waals surface area contributed by atoms with Crippen LogP contribution in [0, 0.1) is 13.8 Å². The van der Waals surface area contributed by atoms with Crippen molar-refractivity contribution in [2.45, 2.75) is 33.1 Å². The molecule has 0 amide bonds. The van der Waals surface area contributed by atoms with Crippen molar-refractivity contribution in [1.29, 1.82) is 0 Å². The largest absolute Gasteiger partial charge is 0.374 e. The van der Waals surface area contributed by atoms with E-state index >= 15 is 0 Å². The van der Waals surface area contributed by atoms with Crippen LogP contribution in [-0.4, -0.2) is 20.1 Å². The molecule has 0 aliphatic rings. The second-order valence-electron chi connectivity index (χ2n) is 4.56. The van der Waals surface area contributed by atoms with E-state index in [1.165, 1.54) is 29.7 Å². The average molecular weight is 220 g/mol. The molecule has 16 heavy (non-hydrogen) atoms. The summed E-state index contributed by atoms with van der Waals surface area (Å²) in [5.41, 5.74) is 9.52. The molecule has 0 heterocycles. The molecule has 0 atom stereocenters. The molecule has 2 heteroatoms. The molecule has 0 aromatic heterocycles. The van der Waals surface area contributed by atoms with Crippen molar-refractivity contribution in [3.05, 3.63) is 29.3 Å². The van der Waals surface area contributed by atoms with Crippen LogP contribution in [0.3, 0.4) is 0 Å². The minimum Gasteiger partial charge on any atom is -0.374 e. The lowest BCUT2D eigenvalue weighted by molar-refractivity contribution is 0.678. The number of aryl methyl sites for hydroxylation is 2. The highest BCUT2D eigenvalue weighted by atomic mass is 15.1. The van der Waals surface area contributed by atoms with E-state index in [-0.39, 0.29) is 0 Å². The highest BCUT2D eigenvalue weighted by molar-refractivity contribution is 5.53. The zero-order chi connectivity index (χ0) is 12.0. The Bertz CT molecular complexity index is 321. The topological polar surface area (TPSA) is 29.3 Å². The van der Waals surface area contributed by atoms with Crippen LogP contribution in [0.1, 0.15) is 30.4 Å². The van der Waals surface area contributed by atoms with Crippen LogP contribution in [0.25, 0.3) is 0 Å². The second kappa shape index (κ2) is 6.54. The minimum atomic E-state index is 0.813. The molecule has 0 radical (unpaired) electrons. The normalized spacial score (nSPS) is 10.5. The molecular formula is C14H24N2. The van der Waals surface area contributed by atoms with Crippen LogP contribution in [0.15, 0.2) is 18.2 Å². The van der Waals surface area contributed by atoms with Crippen LogP contribution in [0.5, 0.6) is 0 Å². The van der Waals surface area contributed by atoms with Gasteiger partial charge in [-0.05, 0) is 44.9 Å². The Balaban J connectivity index is 2.49. The predicted octanol–water partition coefficient (Wildman–Crippen LogP) is 2.87. The number of hydrogen-bond acceptors (Lipinski definition) is 2. The van der Waals surface area contributed by atoms with E-state index in [2.05, 4.69) is 44.0 Å². The van der Waals surface area contributed by atoms with Gasteiger partial charge in [-0.3, -0.25) is 0 Å². The lowest BCUT2D eigenvalue weighted by atomic mass is 10.1. The van der Waals surface area contributed by atoms with Gasteiger partial charge < -0.3 is 10.6 Å². The van der Waals surface area contributed by atoms with E-state index < -0.39 is 0 Å². The molecule has 0 saturated heterocycles. The molecule has 0 spiro atoms. The van der Waals surface area contributed by atoms with Crippen molar-refractivity contribution < 1.29 is 0 Å². The number of nitrogens with zero attached hydrogens (tertiary/aromatic N) is 1. The van der Waals surface area contributed by atoms with Gasteiger partial charge in [0.1, 0.15) is 0 Å². The first-order valence-corrected chi connectivity index (χ1v) is 6.13. The Hall–Kier alpha value is -1.02. The third-order valence-corrected chi connectivity index (χ3v) is 2.96. The van der Waals surface area contributed by atoms with E-state index in [1.54, 1.807) is 0 Å². The van der Waals surface area contributed by atoms with Gasteiger partial charge in [-0.15, -0.1) is 0 Å². The third kappa shape index (κ3) is 3.86. The van der Waals surface area contributed by atoms with Crippen molar-refractivity contribution in [1.82, 2.24) is 0 Å². The molecule has 0 unspecified atom stereocenters. The first kappa shape index (κ1) is 13.0. The molecule has 0 fully saturated rings. The monoisotopic (exact) mass is 220 g/mol. The number of rotatable bonds is 6. The maximum Gasteiger partial charge on any atom is 0.0393 e. The summed E-state index contributed by atoms with van der Waals surface area (Å²) in [7, 11) is 2.17. The third-order valence-electron chi connectivity index (χ3n) is 2.96. The van der Waals surface area contributed by atoms with Crippen molar-refractivity contribution >= 4 is 5.69 Å². The molecule has 0 aliphatic heterocycles. The summed E-state index contributed by atoms with van der Waals surface area (Å²) in [6.45, 7) is 6.24. The number of unbranched alkanes of at least 4 members (excludes halogenated alkanes) is 2. The zero-order valence-electron chi connectivity index (χ0n) is 10.8. The van der Waals surface area contributed by atoms with Gasteiger partial charge in [0.15, 0.2) is 0 Å². The lowest BCUT2D eigenvalue weighted by Gasteiger charge is -2.21. The molecule has 90 valence electrons. The first-order valence-electron chi connectivity index (χ1n) is 6.13. The van der Waals surface area contributed by atoms with E-state index in [9.17, 15) is 0 Å². The number of anilines is 1. The standard InChI is InChI=1S/C14H24N2/c1-12-7-8-14(13(2)11-12)16(3)10-6-4-5-9-15/h7-8,11H,4-6,9-10,15H2,1-3H3.